The van der Waals surface area contributed by atoms with Crippen molar-refractivity contribution in [3.8, 4) is 11.5 Å². The minimum absolute atomic E-state index is 0.241. The highest BCUT2D eigenvalue weighted by molar-refractivity contribution is 5.91. The van der Waals surface area contributed by atoms with E-state index in [0.29, 0.717) is 34.8 Å². The predicted molar refractivity (Wildman–Crippen MR) is 131 cm³/mol. The van der Waals surface area contributed by atoms with Gasteiger partial charge in [-0.1, -0.05) is 60.7 Å². The molecule has 0 aromatic heterocycles. The van der Waals surface area contributed by atoms with Crippen molar-refractivity contribution in [2.24, 2.45) is 5.10 Å². The number of ether oxygens (including phenoxy) is 3. The van der Waals surface area contributed by atoms with E-state index in [2.05, 4.69) is 10.5 Å². The third-order valence-corrected chi connectivity index (χ3v) is 5.01. The second-order valence-corrected chi connectivity index (χ2v) is 7.37. The summed E-state index contributed by atoms with van der Waals surface area (Å²) in [6, 6.07) is 22.3. The van der Waals surface area contributed by atoms with Gasteiger partial charge < -0.3 is 19.3 Å². The zero-order valence-electron chi connectivity index (χ0n) is 19.6. The fourth-order valence-corrected chi connectivity index (χ4v) is 3.37. The van der Waals surface area contributed by atoms with Crippen LogP contribution in [0.25, 0.3) is 0 Å². The number of esters is 1. The largest absolute Gasteiger partial charge is 0.490 e. The summed E-state index contributed by atoms with van der Waals surface area (Å²) >= 11 is 0. The minimum Gasteiger partial charge on any atom is -0.490 e. The first-order valence-corrected chi connectivity index (χ1v) is 11.2. The van der Waals surface area contributed by atoms with Gasteiger partial charge in [-0.15, -0.1) is 0 Å². The van der Waals surface area contributed by atoms with E-state index < -0.39 is 17.5 Å². The van der Waals surface area contributed by atoms with E-state index in [1.165, 1.54) is 6.21 Å². The highest BCUT2D eigenvalue weighted by Crippen LogP contribution is 2.30. The molecule has 182 valence electrons. The molecule has 0 saturated carbocycles. The van der Waals surface area contributed by atoms with Crippen molar-refractivity contribution in [1.82, 2.24) is 5.43 Å². The van der Waals surface area contributed by atoms with Crippen molar-refractivity contribution >= 4 is 18.1 Å². The van der Waals surface area contributed by atoms with Gasteiger partial charge in [0.2, 0.25) is 0 Å². The molecule has 8 nitrogen and oxygen atoms in total. The molecule has 0 spiro atoms. The van der Waals surface area contributed by atoms with Crippen LogP contribution in [-0.2, 0) is 19.9 Å². The summed E-state index contributed by atoms with van der Waals surface area (Å²) in [5.74, 6) is -0.390. The maximum Gasteiger partial charge on any atom is 0.344 e. The van der Waals surface area contributed by atoms with Gasteiger partial charge in [0.25, 0.3) is 5.91 Å². The summed E-state index contributed by atoms with van der Waals surface area (Å²) in [6.07, 6.45) is 1.42. The lowest BCUT2D eigenvalue weighted by molar-refractivity contribution is -0.145. The van der Waals surface area contributed by atoms with Crippen LogP contribution in [0.5, 0.6) is 11.5 Å². The molecule has 3 aromatic carbocycles. The smallest absolute Gasteiger partial charge is 0.344 e. The van der Waals surface area contributed by atoms with E-state index in [-0.39, 0.29) is 13.2 Å². The molecule has 0 unspecified atom stereocenters. The number of nitrogens with one attached hydrogen (secondary N) is 1. The van der Waals surface area contributed by atoms with Crippen LogP contribution in [-0.4, -0.2) is 43.0 Å². The van der Waals surface area contributed by atoms with Crippen molar-refractivity contribution < 1.29 is 28.9 Å². The van der Waals surface area contributed by atoms with Crippen molar-refractivity contribution in [2.45, 2.75) is 19.4 Å². The lowest BCUT2D eigenvalue weighted by atomic mass is 9.85. The Morgan fingerprint density at radius 3 is 2.09 bits per heavy atom. The number of benzene rings is 3. The van der Waals surface area contributed by atoms with Gasteiger partial charge in [-0.3, -0.25) is 4.79 Å². The fourth-order valence-electron chi connectivity index (χ4n) is 3.37. The van der Waals surface area contributed by atoms with Crippen LogP contribution < -0.4 is 14.9 Å². The molecule has 0 bridgehead atoms. The number of aliphatic hydroxyl groups is 1. The number of carbonyl (C=O) groups is 2. The number of hydrazone groups is 1. The first-order chi connectivity index (χ1) is 17.0. The molecule has 0 aliphatic heterocycles. The normalized spacial score (nSPS) is 11.2. The Balaban J connectivity index is 1.77. The molecule has 8 heteroatoms. The molecule has 35 heavy (non-hydrogen) atoms. The second kappa shape index (κ2) is 12.3. The highest BCUT2D eigenvalue weighted by Gasteiger charge is 2.39. The standard InChI is InChI=1S/C27H28N2O6/c1-3-33-24-17-20(15-16-23(24)35-19-25(30)34-4-2)18-28-29-26(31)27(32,21-11-7-5-8-12-21)22-13-9-6-10-14-22/h5-18,32H,3-4,19H2,1-2H3,(H,29,31)/b28-18+. The molecule has 0 atom stereocenters. The van der Waals surface area contributed by atoms with E-state index >= 15 is 0 Å². The number of nitrogens with zero attached hydrogens (tertiary/aromatic N) is 1. The number of hydrogen-bond donors (Lipinski definition) is 2. The third kappa shape index (κ3) is 6.45. The van der Waals surface area contributed by atoms with Gasteiger partial charge in [-0.05, 0) is 48.7 Å². The van der Waals surface area contributed by atoms with E-state index in [9.17, 15) is 14.7 Å². The molecule has 3 aromatic rings. The first-order valence-electron chi connectivity index (χ1n) is 11.2. The van der Waals surface area contributed by atoms with Crippen LogP contribution in [0, 0.1) is 0 Å². The zero-order valence-corrected chi connectivity index (χ0v) is 19.6. The van der Waals surface area contributed by atoms with E-state index in [1.807, 2.05) is 6.92 Å². The van der Waals surface area contributed by atoms with Gasteiger partial charge in [-0.25, -0.2) is 10.2 Å². The Morgan fingerprint density at radius 2 is 1.51 bits per heavy atom. The molecule has 0 radical (unpaired) electrons. The molecule has 0 saturated heterocycles. The molecular formula is C27H28N2O6. The van der Waals surface area contributed by atoms with Gasteiger partial charge in [0.05, 0.1) is 19.4 Å². The second-order valence-electron chi connectivity index (χ2n) is 7.37. The quantitative estimate of drug-likeness (QED) is 0.250. The summed E-state index contributed by atoms with van der Waals surface area (Å²) in [7, 11) is 0. The highest BCUT2D eigenvalue weighted by atomic mass is 16.6. The van der Waals surface area contributed by atoms with Gasteiger partial charge in [-0.2, -0.15) is 5.10 Å². The van der Waals surface area contributed by atoms with Crippen molar-refractivity contribution in [3.63, 3.8) is 0 Å². The lowest BCUT2D eigenvalue weighted by Crippen LogP contribution is -2.43. The summed E-state index contributed by atoms with van der Waals surface area (Å²) in [4.78, 5) is 24.7. The Kier molecular flexibility index (Phi) is 8.97. The van der Waals surface area contributed by atoms with Gasteiger partial charge in [0.1, 0.15) is 0 Å². The number of amides is 1. The van der Waals surface area contributed by atoms with E-state index in [1.54, 1.807) is 85.8 Å². The van der Waals surface area contributed by atoms with Gasteiger partial charge in [0.15, 0.2) is 23.7 Å². The topological polar surface area (TPSA) is 106 Å². The van der Waals surface area contributed by atoms with Crippen molar-refractivity contribution in [1.29, 1.82) is 0 Å². The molecule has 0 heterocycles. The molecule has 3 rings (SSSR count). The number of hydrogen-bond acceptors (Lipinski definition) is 7. The maximum absolute atomic E-state index is 13.1. The number of carbonyl (C=O) groups excluding carboxylic acids is 2. The minimum atomic E-state index is -1.93. The van der Waals surface area contributed by atoms with Gasteiger partial charge >= 0.3 is 5.97 Å². The maximum atomic E-state index is 13.1. The third-order valence-electron chi connectivity index (χ3n) is 5.01. The Hall–Kier alpha value is -4.17. The lowest BCUT2D eigenvalue weighted by Gasteiger charge is -2.27. The fraction of sp³-hybridized carbons (Fsp3) is 0.222. The summed E-state index contributed by atoms with van der Waals surface area (Å²) in [5.41, 5.74) is 1.95. The molecule has 0 fully saturated rings. The summed E-state index contributed by atoms with van der Waals surface area (Å²) < 4.78 is 16.0. The van der Waals surface area contributed by atoms with Crippen LogP contribution in [0.2, 0.25) is 0 Å². The zero-order chi connectivity index (χ0) is 25.1. The average Bonchev–Trinajstić information content (AvgIpc) is 2.89. The SMILES string of the molecule is CCOC(=O)COc1ccc(/C=N/NC(=O)C(O)(c2ccccc2)c2ccccc2)cc1OCC. The number of rotatable bonds is 11. The van der Waals surface area contributed by atoms with E-state index in [4.69, 9.17) is 14.2 Å². The van der Waals surface area contributed by atoms with Crippen LogP contribution >= 0.6 is 0 Å². The molecule has 0 aliphatic rings. The van der Waals surface area contributed by atoms with Crippen LogP contribution in [0.1, 0.15) is 30.5 Å². The monoisotopic (exact) mass is 476 g/mol. The first kappa shape index (κ1) is 25.5. The van der Waals surface area contributed by atoms with Crippen LogP contribution in [0.3, 0.4) is 0 Å². The van der Waals surface area contributed by atoms with Crippen molar-refractivity contribution in [2.75, 3.05) is 19.8 Å². The Morgan fingerprint density at radius 1 is 0.886 bits per heavy atom. The Bertz CT molecular complexity index is 1110. The summed E-state index contributed by atoms with van der Waals surface area (Å²) in [5, 5.41) is 15.5. The predicted octanol–water partition coefficient (Wildman–Crippen LogP) is 3.41. The molecule has 2 N–H and O–H groups in total. The molecule has 1 amide bonds. The molecular weight excluding hydrogens is 448 g/mol. The average molecular weight is 477 g/mol. The Labute approximate surface area is 204 Å². The molecule has 0 aliphatic carbocycles. The summed E-state index contributed by atoms with van der Waals surface area (Å²) in [6.45, 7) is 3.95. The van der Waals surface area contributed by atoms with Gasteiger partial charge in [0, 0.05) is 0 Å². The van der Waals surface area contributed by atoms with Crippen LogP contribution in [0.15, 0.2) is 84.0 Å². The van der Waals surface area contributed by atoms with Crippen molar-refractivity contribution in [3.05, 3.63) is 95.6 Å². The van der Waals surface area contributed by atoms with Crippen LogP contribution in [0.4, 0.5) is 0 Å². The van der Waals surface area contributed by atoms with E-state index in [0.717, 1.165) is 0 Å².